The summed E-state index contributed by atoms with van der Waals surface area (Å²) in [5.74, 6) is -0.333. The summed E-state index contributed by atoms with van der Waals surface area (Å²) < 4.78 is 0. The largest absolute Gasteiger partial charge is 0.370 e. The number of nitrogens with one attached hydrogen (secondary N) is 1. The zero-order chi connectivity index (χ0) is 7.11. The lowest BCUT2D eigenvalue weighted by Gasteiger charge is -1.60. The summed E-state index contributed by atoms with van der Waals surface area (Å²) in [4.78, 5) is 15.6. The van der Waals surface area contributed by atoms with E-state index in [0.717, 1.165) is 0 Å². The standard InChI is InChI=1S/C3H4N2.C2H5NO/c1-2-5-3-4-1;1-2(3)4/h1-3H,(H,4,5);1H3,(H2,3,4). The van der Waals surface area contributed by atoms with Crippen LogP contribution in [0.15, 0.2) is 18.7 Å². The number of amides is 1. The van der Waals surface area contributed by atoms with Crippen LogP contribution in [0.3, 0.4) is 0 Å². The Labute approximate surface area is 53.1 Å². The van der Waals surface area contributed by atoms with Gasteiger partial charge in [0, 0.05) is 19.3 Å². The quantitative estimate of drug-likeness (QED) is 0.511. The highest BCUT2D eigenvalue weighted by molar-refractivity contribution is 5.70. The summed E-state index contributed by atoms with van der Waals surface area (Å²) >= 11 is 0. The van der Waals surface area contributed by atoms with Crippen molar-refractivity contribution in [1.29, 1.82) is 0 Å². The molecule has 0 aliphatic heterocycles. The second-order valence-corrected chi connectivity index (χ2v) is 1.37. The third kappa shape index (κ3) is 10.8. The molecule has 0 fully saturated rings. The van der Waals surface area contributed by atoms with E-state index in [9.17, 15) is 4.79 Å². The third-order valence-corrected chi connectivity index (χ3v) is 0.406. The van der Waals surface area contributed by atoms with E-state index in [1.165, 1.54) is 6.92 Å². The molecule has 1 heterocycles. The number of carbonyl (C=O) groups excluding carboxylic acids is 1. The Morgan fingerprint density at radius 2 is 2.33 bits per heavy atom. The molecular formula is C5H9N3O. The van der Waals surface area contributed by atoms with E-state index < -0.39 is 0 Å². The number of aromatic nitrogens is 2. The molecule has 0 saturated heterocycles. The number of imidazole rings is 1. The molecular weight excluding hydrogens is 118 g/mol. The van der Waals surface area contributed by atoms with Crippen molar-refractivity contribution in [1.82, 2.24) is 9.97 Å². The van der Waals surface area contributed by atoms with E-state index in [-0.39, 0.29) is 5.91 Å². The second kappa shape index (κ2) is 4.83. The minimum atomic E-state index is -0.333. The van der Waals surface area contributed by atoms with Crippen LogP contribution in [0.4, 0.5) is 0 Å². The van der Waals surface area contributed by atoms with Crippen molar-refractivity contribution in [2.45, 2.75) is 6.92 Å². The Bertz CT molecular complexity index is 126. The van der Waals surface area contributed by atoms with Gasteiger partial charge >= 0.3 is 0 Å². The van der Waals surface area contributed by atoms with Crippen LogP contribution < -0.4 is 5.73 Å². The molecule has 0 aliphatic carbocycles. The Kier molecular flexibility index (Phi) is 4.12. The fourth-order valence-electron chi connectivity index (χ4n) is 0.215. The summed E-state index contributed by atoms with van der Waals surface area (Å²) in [6.45, 7) is 1.31. The number of carbonyl (C=O) groups is 1. The zero-order valence-electron chi connectivity index (χ0n) is 5.16. The smallest absolute Gasteiger partial charge is 0.214 e. The SMILES string of the molecule is CC(N)=O.c1c[nH]cn1. The summed E-state index contributed by atoms with van der Waals surface area (Å²) in [7, 11) is 0. The molecule has 0 saturated carbocycles. The molecule has 1 amide bonds. The predicted molar refractivity (Wildman–Crippen MR) is 33.5 cm³/mol. The zero-order valence-corrected chi connectivity index (χ0v) is 5.16. The van der Waals surface area contributed by atoms with E-state index in [2.05, 4.69) is 15.7 Å². The molecule has 0 unspecified atom stereocenters. The summed E-state index contributed by atoms with van der Waals surface area (Å²) in [5.41, 5.74) is 4.47. The molecule has 0 aromatic carbocycles. The van der Waals surface area contributed by atoms with E-state index in [0.29, 0.717) is 0 Å². The average molecular weight is 127 g/mol. The Morgan fingerprint density at radius 3 is 2.44 bits per heavy atom. The first kappa shape index (κ1) is 7.68. The van der Waals surface area contributed by atoms with Gasteiger partial charge in [0.2, 0.25) is 5.91 Å². The molecule has 3 N–H and O–H groups in total. The number of nitrogens with zero attached hydrogens (tertiary/aromatic N) is 1. The molecule has 1 aromatic heterocycles. The van der Waals surface area contributed by atoms with E-state index in [4.69, 9.17) is 0 Å². The van der Waals surface area contributed by atoms with Crippen LogP contribution in [-0.4, -0.2) is 15.9 Å². The normalized spacial score (nSPS) is 7.22. The number of primary amides is 1. The number of hydrogen-bond donors (Lipinski definition) is 2. The van der Waals surface area contributed by atoms with Crippen molar-refractivity contribution >= 4 is 5.91 Å². The highest BCUT2D eigenvalue weighted by atomic mass is 16.1. The fourth-order valence-corrected chi connectivity index (χ4v) is 0.215. The number of aromatic amines is 1. The molecule has 1 aromatic rings. The van der Waals surface area contributed by atoms with E-state index in [1.54, 1.807) is 18.7 Å². The monoisotopic (exact) mass is 127 g/mol. The van der Waals surface area contributed by atoms with Crippen LogP contribution >= 0.6 is 0 Å². The van der Waals surface area contributed by atoms with Gasteiger partial charge in [0.05, 0.1) is 6.33 Å². The van der Waals surface area contributed by atoms with Crippen LogP contribution in [0.1, 0.15) is 6.92 Å². The molecule has 50 valence electrons. The van der Waals surface area contributed by atoms with Gasteiger partial charge < -0.3 is 10.7 Å². The second-order valence-electron chi connectivity index (χ2n) is 1.37. The lowest BCUT2D eigenvalue weighted by Crippen LogP contribution is -2.01. The van der Waals surface area contributed by atoms with E-state index in [1.807, 2.05) is 0 Å². The fraction of sp³-hybridized carbons (Fsp3) is 0.200. The maximum absolute atomic E-state index is 9.22. The van der Waals surface area contributed by atoms with Gasteiger partial charge in [-0.25, -0.2) is 4.98 Å². The van der Waals surface area contributed by atoms with Gasteiger partial charge in [0.25, 0.3) is 0 Å². The molecule has 0 aliphatic rings. The lowest BCUT2D eigenvalue weighted by molar-refractivity contribution is -0.115. The van der Waals surface area contributed by atoms with Crippen molar-refractivity contribution in [2.24, 2.45) is 5.73 Å². The minimum absolute atomic E-state index is 0.333. The van der Waals surface area contributed by atoms with Crippen LogP contribution in [0.5, 0.6) is 0 Å². The molecule has 0 spiro atoms. The number of nitrogens with two attached hydrogens (primary N) is 1. The van der Waals surface area contributed by atoms with Gasteiger partial charge in [0.15, 0.2) is 0 Å². The molecule has 4 nitrogen and oxygen atoms in total. The van der Waals surface area contributed by atoms with Crippen LogP contribution in [0, 0.1) is 0 Å². The Balaban J connectivity index is 0.000000148. The van der Waals surface area contributed by atoms with Crippen LogP contribution in [0.25, 0.3) is 0 Å². The van der Waals surface area contributed by atoms with Gasteiger partial charge in [0.1, 0.15) is 0 Å². The summed E-state index contributed by atoms with van der Waals surface area (Å²) in [5, 5.41) is 0. The summed E-state index contributed by atoms with van der Waals surface area (Å²) in [6.07, 6.45) is 5.08. The molecule has 0 bridgehead atoms. The van der Waals surface area contributed by atoms with Gasteiger partial charge in [-0.05, 0) is 0 Å². The Morgan fingerprint density at radius 1 is 1.78 bits per heavy atom. The number of H-pyrrole nitrogens is 1. The first-order chi connectivity index (χ1) is 4.23. The van der Waals surface area contributed by atoms with Crippen molar-refractivity contribution in [2.75, 3.05) is 0 Å². The van der Waals surface area contributed by atoms with Crippen molar-refractivity contribution < 1.29 is 4.79 Å². The molecule has 9 heavy (non-hydrogen) atoms. The van der Waals surface area contributed by atoms with Crippen molar-refractivity contribution in [3.8, 4) is 0 Å². The number of rotatable bonds is 0. The van der Waals surface area contributed by atoms with E-state index >= 15 is 0 Å². The minimum Gasteiger partial charge on any atom is -0.370 e. The first-order valence-electron chi connectivity index (χ1n) is 2.42. The maximum Gasteiger partial charge on any atom is 0.214 e. The highest BCUT2D eigenvalue weighted by Crippen LogP contribution is 1.62. The van der Waals surface area contributed by atoms with Crippen LogP contribution in [0.2, 0.25) is 0 Å². The number of hydrogen-bond acceptors (Lipinski definition) is 2. The predicted octanol–water partition coefficient (Wildman–Crippen LogP) is -0.0987. The molecule has 4 heteroatoms. The Hall–Kier alpha value is -1.32. The maximum atomic E-state index is 9.22. The van der Waals surface area contributed by atoms with Gasteiger partial charge in [-0.2, -0.15) is 0 Å². The highest BCUT2D eigenvalue weighted by Gasteiger charge is 1.61. The summed E-state index contributed by atoms with van der Waals surface area (Å²) in [6, 6.07) is 0. The molecule has 0 atom stereocenters. The van der Waals surface area contributed by atoms with Gasteiger partial charge in [-0.15, -0.1) is 0 Å². The van der Waals surface area contributed by atoms with Crippen LogP contribution in [-0.2, 0) is 4.79 Å². The third-order valence-electron chi connectivity index (χ3n) is 0.406. The van der Waals surface area contributed by atoms with Crippen molar-refractivity contribution in [3.63, 3.8) is 0 Å². The lowest BCUT2D eigenvalue weighted by atomic mass is 10.8. The average Bonchev–Trinajstić information content (AvgIpc) is 2.11. The van der Waals surface area contributed by atoms with Gasteiger partial charge in [-0.1, -0.05) is 0 Å². The first-order valence-corrected chi connectivity index (χ1v) is 2.42. The van der Waals surface area contributed by atoms with Crippen molar-refractivity contribution in [3.05, 3.63) is 18.7 Å². The molecule has 1 rings (SSSR count). The van der Waals surface area contributed by atoms with Gasteiger partial charge in [-0.3, -0.25) is 4.79 Å². The molecule has 0 radical (unpaired) electrons. The topological polar surface area (TPSA) is 71.8 Å².